The minimum absolute atomic E-state index is 0.206. The molecular weight excluding hydrogens is 539 g/mol. The number of aromatic amines is 2. The van der Waals surface area contributed by atoms with Gasteiger partial charge in [0, 0.05) is 51.5 Å². The number of rotatable bonds is 7. The highest BCUT2D eigenvalue weighted by Gasteiger charge is 2.21. The van der Waals surface area contributed by atoms with Crippen molar-refractivity contribution in [3.8, 4) is 33.1 Å². The molecule has 0 aliphatic carbocycles. The van der Waals surface area contributed by atoms with Crippen molar-refractivity contribution in [1.29, 1.82) is 0 Å². The van der Waals surface area contributed by atoms with Gasteiger partial charge >= 0.3 is 0 Å². The molecule has 41 heavy (non-hydrogen) atoms. The second-order valence-corrected chi connectivity index (χ2v) is 10.9. The predicted octanol–water partition coefficient (Wildman–Crippen LogP) is 6.11. The zero-order chi connectivity index (χ0) is 27.9. The van der Waals surface area contributed by atoms with Crippen LogP contribution in [0.4, 0.5) is 10.1 Å². The van der Waals surface area contributed by atoms with Gasteiger partial charge in [0.2, 0.25) is 0 Å². The van der Waals surface area contributed by atoms with Gasteiger partial charge in [-0.3, -0.25) is 10.1 Å². The summed E-state index contributed by atoms with van der Waals surface area (Å²) in [7, 11) is 0. The average molecular weight is 563 g/mol. The fourth-order valence-corrected chi connectivity index (χ4v) is 5.78. The van der Waals surface area contributed by atoms with Crippen molar-refractivity contribution in [3.63, 3.8) is 0 Å². The van der Waals surface area contributed by atoms with Crippen LogP contribution in [0.15, 0.2) is 79.4 Å². The van der Waals surface area contributed by atoms with Crippen molar-refractivity contribution >= 4 is 39.2 Å². The van der Waals surface area contributed by atoms with Gasteiger partial charge in [-0.05, 0) is 36.8 Å². The van der Waals surface area contributed by atoms with Crippen LogP contribution in [0, 0.1) is 12.7 Å². The molecule has 0 radical (unpaired) electrons. The summed E-state index contributed by atoms with van der Waals surface area (Å²) in [5.74, 6) is -0.101. The third-order valence-corrected chi connectivity index (χ3v) is 7.84. The summed E-state index contributed by atoms with van der Waals surface area (Å²) in [6, 6.07) is 17.5. The fraction of sp³-hybridized carbons (Fsp3) is 0.100. The van der Waals surface area contributed by atoms with Gasteiger partial charge in [-0.2, -0.15) is 5.10 Å². The van der Waals surface area contributed by atoms with Crippen LogP contribution >= 0.6 is 11.3 Å². The number of aromatic nitrogens is 7. The molecule has 9 nitrogen and oxygen atoms in total. The first-order chi connectivity index (χ1) is 20.0. The number of imidazole rings is 1. The summed E-state index contributed by atoms with van der Waals surface area (Å²) < 4.78 is 16.2. The first kappa shape index (κ1) is 25.0. The number of thiophene rings is 1. The minimum Gasteiger partial charge on any atom is -0.373 e. The Kier molecular flexibility index (Phi) is 6.22. The highest BCUT2D eigenvalue weighted by atomic mass is 32.1. The van der Waals surface area contributed by atoms with Gasteiger partial charge in [0.15, 0.2) is 17.1 Å². The summed E-state index contributed by atoms with van der Waals surface area (Å²) in [6.07, 6.45) is 5.85. The van der Waals surface area contributed by atoms with E-state index in [1.54, 1.807) is 36.0 Å². The molecule has 0 amide bonds. The van der Waals surface area contributed by atoms with E-state index in [9.17, 15) is 5.11 Å². The van der Waals surface area contributed by atoms with E-state index in [2.05, 4.69) is 59.5 Å². The Balaban J connectivity index is 1.24. The first-order valence-corrected chi connectivity index (χ1v) is 13.7. The molecule has 4 N–H and O–H groups in total. The summed E-state index contributed by atoms with van der Waals surface area (Å²) in [5, 5.41) is 20.9. The van der Waals surface area contributed by atoms with Crippen molar-refractivity contribution in [2.75, 3.05) is 5.32 Å². The molecule has 1 unspecified atom stereocenters. The maximum absolute atomic E-state index is 16.2. The van der Waals surface area contributed by atoms with Crippen LogP contribution in [-0.2, 0) is 6.42 Å². The zero-order valence-electron chi connectivity index (χ0n) is 21.8. The Hall–Kier alpha value is -5.00. The summed E-state index contributed by atoms with van der Waals surface area (Å²) >= 11 is 1.68. The molecule has 0 saturated carbocycles. The number of nitrogens with zero attached hydrogens (tertiary/aromatic N) is 5. The van der Waals surface area contributed by atoms with E-state index in [1.165, 1.54) is 11.1 Å². The predicted molar refractivity (Wildman–Crippen MR) is 158 cm³/mol. The van der Waals surface area contributed by atoms with Crippen molar-refractivity contribution < 1.29 is 9.50 Å². The molecule has 0 fully saturated rings. The van der Waals surface area contributed by atoms with E-state index < -0.39 is 12.0 Å². The number of anilines is 1. The second kappa shape index (κ2) is 10.2. The zero-order valence-corrected chi connectivity index (χ0v) is 22.6. The second-order valence-electron chi connectivity index (χ2n) is 9.65. The standard InChI is InChI=1S/C30H23FN8OS/c1-16-7-8-22(41-16)20-9-10-33-29-26(20)36-30(37-29)27-24-25(31)21(15-34-28(24)39-38-27)18-12-19(14-32-13-18)35-23(40)11-17-5-3-2-4-6-17/h2-10,12-15,23,35,40H,11H2,1H3,(H,33,36,37)(H,34,38,39). The lowest BCUT2D eigenvalue weighted by Gasteiger charge is -2.15. The van der Waals surface area contributed by atoms with E-state index in [1.807, 2.05) is 36.4 Å². The number of aliphatic hydroxyl groups is 1. The number of H-pyrrole nitrogens is 2. The maximum atomic E-state index is 16.2. The highest BCUT2D eigenvalue weighted by molar-refractivity contribution is 7.15. The molecule has 7 rings (SSSR count). The maximum Gasteiger partial charge on any atom is 0.184 e. The Morgan fingerprint density at radius 1 is 1.00 bits per heavy atom. The Labute approximate surface area is 237 Å². The quantitative estimate of drug-likeness (QED) is 0.173. The molecule has 7 aromatic rings. The van der Waals surface area contributed by atoms with Crippen LogP contribution in [0.25, 0.3) is 55.3 Å². The molecule has 0 spiro atoms. The number of aryl methyl sites for hydroxylation is 1. The Morgan fingerprint density at radius 2 is 1.88 bits per heavy atom. The van der Waals surface area contributed by atoms with Gasteiger partial charge in [0.05, 0.1) is 22.8 Å². The monoisotopic (exact) mass is 562 g/mol. The molecule has 202 valence electrons. The molecule has 0 aliphatic heterocycles. The summed E-state index contributed by atoms with van der Waals surface area (Å²) in [6.45, 7) is 2.06. The Bertz CT molecular complexity index is 2020. The molecule has 0 aliphatic rings. The molecule has 11 heteroatoms. The van der Waals surface area contributed by atoms with Gasteiger partial charge in [-0.15, -0.1) is 11.3 Å². The van der Waals surface area contributed by atoms with Crippen LogP contribution in [-0.4, -0.2) is 46.5 Å². The SMILES string of the molecule is Cc1ccc(-c2ccnc3nc(-c4[nH]nc5ncc(-c6cncc(NC(O)Cc7ccccc7)c6)c(F)c45)[nH]c23)s1. The van der Waals surface area contributed by atoms with Crippen LogP contribution in [0.1, 0.15) is 10.4 Å². The minimum atomic E-state index is -0.843. The van der Waals surface area contributed by atoms with Crippen LogP contribution in [0.3, 0.4) is 0 Å². The third kappa shape index (κ3) is 4.71. The normalized spacial score (nSPS) is 12.3. The third-order valence-electron chi connectivity index (χ3n) is 6.81. The van der Waals surface area contributed by atoms with Gasteiger partial charge in [-0.1, -0.05) is 30.3 Å². The van der Waals surface area contributed by atoms with E-state index in [4.69, 9.17) is 0 Å². The number of pyridine rings is 3. The summed E-state index contributed by atoms with van der Waals surface area (Å²) in [5.41, 5.74) is 5.14. The van der Waals surface area contributed by atoms with Gasteiger partial charge in [-0.25, -0.2) is 19.3 Å². The molecule has 1 atom stereocenters. The number of benzene rings is 1. The number of hydrogen-bond donors (Lipinski definition) is 4. The fourth-order valence-electron chi connectivity index (χ4n) is 4.88. The first-order valence-electron chi connectivity index (χ1n) is 12.9. The van der Waals surface area contributed by atoms with E-state index >= 15 is 4.39 Å². The van der Waals surface area contributed by atoms with Crippen molar-refractivity contribution in [3.05, 3.63) is 95.6 Å². The molecule has 0 bridgehead atoms. The van der Waals surface area contributed by atoms with Crippen LogP contribution in [0.5, 0.6) is 0 Å². The smallest absolute Gasteiger partial charge is 0.184 e. The van der Waals surface area contributed by atoms with Gasteiger partial charge in [0.1, 0.15) is 17.7 Å². The number of aliphatic hydroxyl groups excluding tert-OH is 1. The van der Waals surface area contributed by atoms with E-state index in [0.717, 1.165) is 21.5 Å². The number of fused-ring (bicyclic) bond motifs is 2. The number of halogens is 1. The average Bonchev–Trinajstić information content (AvgIpc) is 3.72. The summed E-state index contributed by atoms with van der Waals surface area (Å²) in [4.78, 5) is 23.3. The lowest BCUT2D eigenvalue weighted by Crippen LogP contribution is -2.21. The molecule has 1 aromatic carbocycles. The number of hydrogen-bond acceptors (Lipinski definition) is 8. The lowest BCUT2D eigenvalue weighted by atomic mass is 10.1. The molecule has 6 aromatic heterocycles. The van der Waals surface area contributed by atoms with Crippen LogP contribution in [0.2, 0.25) is 0 Å². The lowest BCUT2D eigenvalue weighted by molar-refractivity contribution is 0.204. The highest BCUT2D eigenvalue weighted by Crippen LogP contribution is 2.36. The molecule has 6 heterocycles. The Morgan fingerprint density at radius 3 is 2.71 bits per heavy atom. The molecular formula is C30H23FN8OS. The number of nitrogens with one attached hydrogen (secondary N) is 3. The van der Waals surface area contributed by atoms with Crippen molar-refractivity contribution in [2.24, 2.45) is 0 Å². The van der Waals surface area contributed by atoms with Gasteiger partial charge < -0.3 is 15.4 Å². The van der Waals surface area contributed by atoms with Crippen molar-refractivity contribution in [1.82, 2.24) is 35.1 Å². The van der Waals surface area contributed by atoms with Crippen LogP contribution < -0.4 is 5.32 Å². The van der Waals surface area contributed by atoms with Gasteiger partial charge in [0.25, 0.3) is 0 Å². The van der Waals surface area contributed by atoms with Crippen molar-refractivity contribution in [2.45, 2.75) is 19.6 Å². The topological polar surface area (TPSA) is 128 Å². The van der Waals surface area contributed by atoms with E-state index in [0.29, 0.717) is 34.8 Å². The molecule has 0 saturated heterocycles. The van der Waals surface area contributed by atoms with E-state index in [-0.39, 0.29) is 16.6 Å². The largest absolute Gasteiger partial charge is 0.373 e.